The molecule has 0 aliphatic heterocycles. The molecule has 3 aromatic rings. The molecule has 0 aliphatic carbocycles. The predicted molar refractivity (Wildman–Crippen MR) is 129 cm³/mol. The molecule has 0 saturated heterocycles. The Bertz CT molecular complexity index is 1090. The standard InChI is InChI=1S/C26H28N2O5/c1-26(2,3)33-25(30)28(21-12-16-23(32-5)17-13-21)20-10-6-18(7-11-20)24(29)27-19-8-14-22(31-4)15-9-19/h6-17H,1-5H3,(H,27,29). The average Bonchev–Trinajstić information content (AvgIpc) is 2.79. The maximum atomic E-state index is 13.0. The van der Waals surface area contributed by atoms with Crippen LogP contribution >= 0.6 is 0 Å². The second kappa shape index (κ2) is 10.1. The van der Waals surface area contributed by atoms with E-state index in [9.17, 15) is 9.59 Å². The van der Waals surface area contributed by atoms with E-state index >= 15 is 0 Å². The molecule has 1 N–H and O–H groups in total. The molecule has 7 nitrogen and oxygen atoms in total. The number of carbonyl (C=O) groups excluding carboxylic acids is 2. The fraction of sp³-hybridized carbons (Fsp3) is 0.231. The highest BCUT2D eigenvalue weighted by atomic mass is 16.6. The molecular weight excluding hydrogens is 420 g/mol. The van der Waals surface area contributed by atoms with Gasteiger partial charge < -0.3 is 19.5 Å². The third-order valence-electron chi connectivity index (χ3n) is 4.64. The van der Waals surface area contributed by atoms with Gasteiger partial charge in [0.2, 0.25) is 0 Å². The number of carbonyl (C=O) groups is 2. The van der Waals surface area contributed by atoms with Gasteiger partial charge in [-0.1, -0.05) is 0 Å². The number of nitrogens with zero attached hydrogens (tertiary/aromatic N) is 1. The van der Waals surface area contributed by atoms with Crippen molar-refractivity contribution in [3.63, 3.8) is 0 Å². The van der Waals surface area contributed by atoms with Crippen LogP contribution in [0.3, 0.4) is 0 Å². The molecule has 0 saturated carbocycles. The Balaban J connectivity index is 1.84. The van der Waals surface area contributed by atoms with E-state index in [4.69, 9.17) is 14.2 Å². The number of methoxy groups -OCH3 is 2. The molecule has 172 valence electrons. The monoisotopic (exact) mass is 448 g/mol. The fourth-order valence-corrected chi connectivity index (χ4v) is 3.04. The van der Waals surface area contributed by atoms with Gasteiger partial charge in [0.25, 0.3) is 5.91 Å². The summed E-state index contributed by atoms with van der Waals surface area (Å²) in [7, 11) is 3.16. The molecule has 0 fully saturated rings. The van der Waals surface area contributed by atoms with E-state index in [0.717, 1.165) is 0 Å². The number of hydrogen-bond acceptors (Lipinski definition) is 5. The lowest BCUT2D eigenvalue weighted by Gasteiger charge is -2.27. The van der Waals surface area contributed by atoms with Gasteiger partial charge in [0.05, 0.1) is 25.6 Å². The second-order valence-corrected chi connectivity index (χ2v) is 8.24. The lowest BCUT2D eigenvalue weighted by Crippen LogP contribution is -2.33. The Hall–Kier alpha value is -4.00. The van der Waals surface area contributed by atoms with Crippen LogP contribution in [0.5, 0.6) is 11.5 Å². The van der Waals surface area contributed by atoms with Crippen LogP contribution in [0, 0.1) is 0 Å². The molecule has 0 unspecified atom stereocenters. The Morgan fingerprint density at radius 3 is 1.64 bits per heavy atom. The summed E-state index contributed by atoms with van der Waals surface area (Å²) in [5.74, 6) is 1.12. The van der Waals surface area contributed by atoms with E-state index < -0.39 is 11.7 Å². The zero-order valence-corrected chi connectivity index (χ0v) is 19.4. The Kier molecular flexibility index (Phi) is 7.23. The van der Waals surface area contributed by atoms with Gasteiger partial charge in [0.1, 0.15) is 17.1 Å². The summed E-state index contributed by atoms with van der Waals surface area (Å²) in [5.41, 5.74) is 1.61. The zero-order chi connectivity index (χ0) is 24.0. The van der Waals surface area contributed by atoms with Gasteiger partial charge >= 0.3 is 6.09 Å². The Morgan fingerprint density at radius 2 is 1.18 bits per heavy atom. The number of ether oxygens (including phenoxy) is 3. The van der Waals surface area contributed by atoms with Crippen LogP contribution in [0.15, 0.2) is 72.8 Å². The number of benzene rings is 3. The molecule has 3 rings (SSSR count). The van der Waals surface area contributed by atoms with Crippen molar-refractivity contribution >= 4 is 29.1 Å². The summed E-state index contributed by atoms with van der Waals surface area (Å²) in [6.45, 7) is 5.43. The Morgan fingerprint density at radius 1 is 0.727 bits per heavy atom. The van der Waals surface area contributed by atoms with Gasteiger partial charge in [-0.3, -0.25) is 4.79 Å². The minimum atomic E-state index is -0.667. The molecular formula is C26H28N2O5. The van der Waals surface area contributed by atoms with E-state index in [0.29, 0.717) is 34.1 Å². The molecule has 7 heteroatoms. The fourth-order valence-electron chi connectivity index (χ4n) is 3.04. The highest BCUT2D eigenvalue weighted by Crippen LogP contribution is 2.30. The highest BCUT2D eigenvalue weighted by Gasteiger charge is 2.25. The van der Waals surface area contributed by atoms with Crippen LogP contribution < -0.4 is 19.7 Å². The van der Waals surface area contributed by atoms with Crippen LogP contribution in [-0.2, 0) is 4.74 Å². The number of rotatable bonds is 6. The summed E-state index contributed by atoms with van der Waals surface area (Å²) in [6, 6.07) is 20.9. The van der Waals surface area contributed by atoms with Crippen molar-refractivity contribution in [2.45, 2.75) is 26.4 Å². The van der Waals surface area contributed by atoms with Crippen molar-refractivity contribution in [1.29, 1.82) is 0 Å². The molecule has 0 spiro atoms. The molecule has 2 amide bonds. The van der Waals surface area contributed by atoms with Crippen molar-refractivity contribution in [3.05, 3.63) is 78.4 Å². The normalized spacial score (nSPS) is 10.8. The molecule has 0 atom stereocenters. The second-order valence-electron chi connectivity index (χ2n) is 8.24. The van der Waals surface area contributed by atoms with Crippen LogP contribution in [0.1, 0.15) is 31.1 Å². The zero-order valence-electron chi connectivity index (χ0n) is 19.4. The smallest absolute Gasteiger partial charge is 0.419 e. The highest BCUT2D eigenvalue weighted by molar-refractivity contribution is 6.05. The summed E-state index contributed by atoms with van der Waals surface area (Å²) in [4.78, 5) is 27.1. The molecule has 0 aromatic heterocycles. The lowest BCUT2D eigenvalue weighted by molar-refractivity contribution is 0.0599. The molecule has 33 heavy (non-hydrogen) atoms. The van der Waals surface area contributed by atoms with Gasteiger partial charge in [0, 0.05) is 11.3 Å². The molecule has 0 radical (unpaired) electrons. The molecule has 3 aromatic carbocycles. The van der Waals surface area contributed by atoms with E-state index in [2.05, 4.69) is 5.32 Å². The van der Waals surface area contributed by atoms with Crippen molar-refractivity contribution in [2.24, 2.45) is 0 Å². The van der Waals surface area contributed by atoms with E-state index in [1.165, 1.54) is 4.90 Å². The van der Waals surface area contributed by atoms with E-state index in [1.807, 2.05) is 20.8 Å². The van der Waals surface area contributed by atoms with Crippen LogP contribution in [0.4, 0.5) is 21.9 Å². The van der Waals surface area contributed by atoms with Gasteiger partial charge in [-0.15, -0.1) is 0 Å². The first-order chi connectivity index (χ1) is 15.7. The van der Waals surface area contributed by atoms with Crippen LogP contribution in [-0.4, -0.2) is 31.8 Å². The minimum Gasteiger partial charge on any atom is -0.497 e. The number of nitrogens with one attached hydrogen (secondary N) is 1. The molecule has 0 heterocycles. The maximum Gasteiger partial charge on any atom is 0.419 e. The van der Waals surface area contributed by atoms with Crippen molar-refractivity contribution in [3.8, 4) is 11.5 Å². The van der Waals surface area contributed by atoms with Crippen molar-refractivity contribution in [1.82, 2.24) is 0 Å². The maximum absolute atomic E-state index is 13.0. The first-order valence-corrected chi connectivity index (χ1v) is 10.4. The SMILES string of the molecule is COc1ccc(NC(=O)c2ccc(N(C(=O)OC(C)(C)C)c3ccc(OC)cc3)cc2)cc1. The average molecular weight is 449 g/mol. The summed E-state index contributed by atoms with van der Waals surface area (Å²) >= 11 is 0. The van der Waals surface area contributed by atoms with Gasteiger partial charge in [-0.25, -0.2) is 9.69 Å². The third kappa shape index (κ3) is 6.26. The van der Waals surface area contributed by atoms with E-state index in [-0.39, 0.29) is 5.91 Å². The molecule has 0 aliphatic rings. The van der Waals surface area contributed by atoms with E-state index in [1.54, 1.807) is 87.0 Å². The summed E-state index contributed by atoms with van der Waals surface area (Å²) in [6.07, 6.45) is -0.525. The quantitative estimate of drug-likeness (QED) is 0.498. The summed E-state index contributed by atoms with van der Waals surface area (Å²) < 4.78 is 16.0. The largest absolute Gasteiger partial charge is 0.497 e. The van der Waals surface area contributed by atoms with Crippen molar-refractivity contribution in [2.75, 3.05) is 24.4 Å². The predicted octanol–water partition coefficient (Wildman–Crippen LogP) is 6.03. The first kappa shape index (κ1) is 23.7. The first-order valence-electron chi connectivity index (χ1n) is 10.4. The van der Waals surface area contributed by atoms with Gasteiger partial charge in [-0.05, 0) is 93.6 Å². The number of hydrogen-bond donors (Lipinski definition) is 1. The summed E-state index contributed by atoms with van der Waals surface area (Å²) in [5, 5.41) is 2.84. The number of amides is 2. The lowest BCUT2D eigenvalue weighted by atomic mass is 10.1. The molecule has 0 bridgehead atoms. The number of anilines is 3. The van der Waals surface area contributed by atoms with Crippen LogP contribution in [0.2, 0.25) is 0 Å². The van der Waals surface area contributed by atoms with Crippen molar-refractivity contribution < 1.29 is 23.8 Å². The van der Waals surface area contributed by atoms with Gasteiger partial charge in [0.15, 0.2) is 0 Å². The van der Waals surface area contributed by atoms with Gasteiger partial charge in [-0.2, -0.15) is 0 Å². The minimum absolute atomic E-state index is 0.264. The van der Waals surface area contributed by atoms with Crippen LogP contribution in [0.25, 0.3) is 0 Å². The Labute approximate surface area is 193 Å². The topological polar surface area (TPSA) is 77.1 Å². The third-order valence-corrected chi connectivity index (χ3v) is 4.64.